The number of ether oxygens (including phenoxy) is 3. The van der Waals surface area contributed by atoms with Crippen molar-refractivity contribution >= 4 is 5.96 Å². The van der Waals surface area contributed by atoms with Crippen molar-refractivity contribution in [1.29, 1.82) is 0 Å². The van der Waals surface area contributed by atoms with Crippen molar-refractivity contribution in [3.63, 3.8) is 0 Å². The van der Waals surface area contributed by atoms with Gasteiger partial charge in [-0.2, -0.15) is 0 Å². The Morgan fingerprint density at radius 1 is 1.26 bits per heavy atom. The van der Waals surface area contributed by atoms with E-state index in [1.54, 1.807) is 7.05 Å². The van der Waals surface area contributed by atoms with Gasteiger partial charge in [-0.1, -0.05) is 12.1 Å². The summed E-state index contributed by atoms with van der Waals surface area (Å²) in [6, 6.07) is 6.30. The summed E-state index contributed by atoms with van der Waals surface area (Å²) in [6.45, 7) is 10.1. The van der Waals surface area contributed by atoms with Gasteiger partial charge < -0.3 is 24.8 Å². The first-order chi connectivity index (χ1) is 13.1. The van der Waals surface area contributed by atoms with Crippen LogP contribution in [0.25, 0.3) is 0 Å². The summed E-state index contributed by atoms with van der Waals surface area (Å²) in [5.74, 6) is 1.72. The molecule has 0 atom stereocenters. The van der Waals surface area contributed by atoms with Crippen LogP contribution in [0.15, 0.2) is 23.2 Å². The second-order valence-electron chi connectivity index (χ2n) is 7.17. The molecule has 6 nitrogen and oxygen atoms in total. The minimum absolute atomic E-state index is 0.152. The molecule has 0 saturated carbocycles. The second kappa shape index (κ2) is 11.8. The first-order valence-corrected chi connectivity index (χ1v) is 9.98. The van der Waals surface area contributed by atoms with Crippen molar-refractivity contribution in [3.05, 3.63) is 29.3 Å². The zero-order valence-corrected chi connectivity index (χ0v) is 17.2. The van der Waals surface area contributed by atoms with E-state index in [9.17, 15) is 0 Å². The molecule has 1 aliphatic heterocycles. The van der Waals surface area contributed by atoms with Crippen LogP contribution in [0.2, 0.25) is 0 Å². The fraction of sp³-hybridized carbons (Fsp3) is 0.667. The van der Waals surface area contributed by atoms with Crippen molar-refractivity contribution in [2.45, 2.75) is 58.8 Å². The van der Waals surface area contributed by atoms with E-state index in [1.807, 2.05) is 13.8 Å². The van der Waals surface area contributed by atoms with Crippen molar-refractivity contribution < 1.29 is 14.2 Å². The van der Waals surface area contributed by atoms with E-state index < -0.39 is 0 Å². The van der Waals surface area contributed by atoms with E-state index in [1.165, 1.54) is 5.56 Å². The average Bonchev–Trinajstić information content (AvgIpc) is 2.65. The molecule has 2 rings (SSSR count). The van der Waals surface area contributed by atoms with E-state index in [4.69, 9.17) is 14.2 Å². The van der Waals surface area contributed by atoms with Gasteiger partial charge in [0.25, 0.3) is 0 Å². The molecule has 1 saturated heterocycles. The summed E-state index contributed by atoms with van der Waals surface area (Å²) < 4.78 is 17.2. The molecule has 1 fully saturated rings. The molecule has 27 heavy (non-hydrogen) atoms. The van der Waals surface area contributed by atoms with Gasteiger partial charge in [0.05, 0.1) is 12.2 Å². The highest BCUT2D eigenvalue weighted by Crippen LogP contribution is 2.21. The van der Waals surface area contributed by atoms with Gasteiger partial charge in [0, 0.05) is 45.5 Å². The molecule has 0 aromatic heterocycles. The lowest BCUT2D eigenvalue weighted by Gasteiger charge is -2.22. The quantitative estimate of drug-likeness (QED) is 0.393. The smallest absolute Gasteiger partial charge is 0.191 e. The number of nitrogens with zero attached hydrogens (tertiary/aromatic N) is 1. The maximum Gasteiger partial charge on any atom is 0.191 e. The van der Waals surface area contributed by atoms with Gasteiger partial charge in [-0.15, -0.1) is 0 Å². The number of hydrogen-bond acceptors (Lipinski definition) is 4. The van der Waals surface area contributed by atoms with E-state index in [2.05, 4.69) is 40.7 Å². The Hall–Kier alpha value is -1.79. The molecule has 1 aromatic carbocycles. The zero-order chi connectivity index (χ0) is 19.5. The number of aryl methyl sites for hydroxylation is 1. The van der Waals surface area contributed by atoms with Crippen molar-refractivity contribution in [3.8, 4) is 5.75 Å². The monoisotopic (exact) mass is 377 g/mol. The molecule has 2 N–H and O–H groups in total. The Morgan fingerprint density at radius 3 is 2.74 bits per heavy atom. The van der Waals surface area contributed by atoms with Crippen LogP contribution in [0.4, 0.5) is 0 Å². The van der Waals surface area contributed by atoms with E-state index in [0.717, 1.165) is 62.9 Å². The summed E-state index contributed by atoms with van der Waals surface area (Å²) >= 11 is 0. The highest BCUT2D eigenvalue weighted by molar-refractivity contribution is 5.79. The third-order valence-corrected chi connectivity index (χ3v) is 4.39. The fourth-order valence-corrected chi connectivity index (χ4v) is 2.94. The Morgan fingerprint density at radius 2 is 2.04 bits per heavy atom. The maximum atomic E-state index is 5.94. The molecule has 0 radical (unpaired) electrons. The summed E-state index contributed by atoms with van der Waals surface area (Å²) in [6.07, 6.45) is 3.47. The Labute approximate surface area is 163 Å². The standard InChI is InChI=1S/C21H35N3O3/c1-16(2)27-20-14-17(3)6-7-18(20)15-24-21(22-4)23-10-5-11-26-19-8-12-25-13-9-19/h6-7,14,16,19H,5,8-13,15H2,1-4H3,(H2,22,23,24). The molecule has 152 valence electrons. The predicted octanol–water partition coefficient (Wildman–Crippen LogP) is 3.03. The van der Waals surface area contributed by atoms with Gasteiger partial charge in [-0.3, -0.25) is 4.99 Å². The number of benzene rings is 1. The van der Waals surface area contributed by atoms with Crippen LogP contribution in [0, 0.1) is 6.92 Å². The Kier molecular flexibility index (Phi) is 9.42. The minimum Gasteiger partial charge on any atom is -0.491 e. The molecule has 0 unspecified atom stereocenters. The molecular formula is C21H35N3O3. The third kappa shape index (κ3) is 8.18. The van der Waals surface area contributed by atoms with Gasteiger partial charge in [0.2, 0.25) is 0 Å². The molecule has 1 aromatic rings. The van der Waals surface area contributed by atoms with Crippen LogP contribution in [0.3, 0.4) is 0 Å². The second-order valence-corrected chi connectivity index (χ2v) is 7.17. The van der Waals surface area contributed by atoms with Crippen LogP contribution in [-0.2, 0) is 16.0 Å². The minimum atomic E-state index is 0.152. The van der Waals surface area contributed by atoms with Crippen molar-refractivity contribution in [1.82, 2.24) is 10.6 Å². The van der Waals surface area contributed by atoms with Gasteiger partial charge in [-0.25, -0.2) is 0 Å². The molecule has 0 aliphatic carbocycles. The van der Waals surface area contributed by atoms with Gasteiger partial charge in [0.15, 0.2) is 5.96 Å². The lowest BCUT2D eigenvalue weighted by Crippen LogP contribution is -2.37. The predicted molar refractivity (Wildman–Crippen MR) is 110 cm³/mol. The number of aliphatic imine (C=N–C) groups is 1. The molecule has 0 bridgehead atoms. The molecule has 1 heterocycles. The van der Waals surface area contributed by atoms with Gasteiger partial charge in [-0.05, 0) is 51.7 Å². The fourth-order valence-electron chi connectivity index (χ4n) is 2.94. The van der Waals surface area contributed by atoms with Crippen LogP contribution >= 0.6 is 0 Å². The lowest BCUT2D eigenvalue weighted by molar-refractivity contribution is -0.0320. The zero-order valence-electron chi connectivity index (χ0n) is 17.2. The third-order valence-electron chi connectivity index (χ3n) is 4.39. The normalized spacial score (nSPS) is 15.8. The highest BCUT2D eigenvalue weighted by atomic mass is 16.5. The summed E-state index contributed by atoms with van der Waals surface area (Å²) in [7, 11) is 1.79. The largest absolute Gasteiger partial charge is 0.491 e. The first kappa shape index (κ1) is 21.5. The maximum absolute atomic E-state index is 5.94. The van der Waals surface area contributed by atoms with Gasteiger partial charge >= 0.3 is 0 Å². The van der Waals surface area contributed by atoms with Gasteiger partial charge in [0.1, 0.15) is 5.75 Å². The summed E-state index contributed by atoms with van der Waals surface area (Å²) in [5, 5.41) is 6.70. The van der Waals surface area contributed by atoms with Crippen LogP contribution in [0.1, 0.15) is 44.2 Å². The number of rotatable bonds is 9. The average molecular weight is 378 g/mol. The van der Waals surface area contributed by atoms with Crippen molar-refractivity contribution in [2.75, 3.05) is 33.4 Å². The Bertz CT molecular complexity index is 584. The number of nitrogens with one attached hydrogen (secondary N) is 2. The number of guanidine groups is 1. The van der Waals surface area contributed by atoms with E-state index >= 15 is 0 Å². The van der Waals surface area contributed by atoms with Crippen LogP contribution in [-0.4, -0.2) is 51.6 Å². The van der Waals surface area contributed by atoms with Crippen molar-refractivity contribution in [2.24, 2.45) is 4.99 Å². The molecule has 0 spiro atoms. The summed E-state index contributed by atoms with van der Waals surface area (Å²) in [5.41, 5.74) is 2.32. The topological polar surface area (TPSA) is 64.1 Å². The lowest BCUT2D eigenvalue weighted by atomic mass is 10.1. The summed E-state index contributed by atoms with van der Waals surface area (Å²) in [4.78, 5) is 4.30. The molecule has 6 heteroatoms. The van der Waals surface area contributed by atoms with Crippen LogP contribution in [0.5, 0.6) is 5.75 Å². The van der Waals surface area contributed by atoms with Crippen LogP contribution < -0.4 is 15.4 Å². The SMILES string of the molecule is CN=C(NCCCOC1CCOCC1)NCc1ccc(C)cc1OC(C)C. The number of hydrogen-bond donors (Lipinski definition) is 2. The molecular weight excluding hydrogens is 342 g/mol. The molecule has 0 amide bonds. The van der Waals surface area contributed by atoms with E-state index in [-0.39, 0.29) is 6.10 Å². The first-order valence-electron chi connectivity index (χ1n) is 9.98. The highest BCUT2D eigenvalue weighted by Gasteiger charge is 2.13. The molecule has 1 aliphatic rings. The Balaban J connectivity index is 1.70. The van der Waals surface area contributed by atoms with E-state index in [0.29, 0.717) is 12.6 Å².